The van der Waals surface area contributed by atoms with Gasteiger partial charge in [0.15, 0.2) is 9.84 Å². The lowest BCUT2D eigenvalue weighted by molar-refractivity contribution is 0.102. The van der Waals surface area contributed by atoms with Crippen LogP contribution >= 0.6 is 11.8 Å². The average molecular weight is 385 g/mol. The number of alkyl halides is 2. The summed E-state index contributed by atoms with van der Waals surface area (Å²) < 4.78 is 49.4. The summed E-state index contributed by atoms with van der Waals surface area (Å²) in [7, 11) is -3.61. The number of thioether (sulfide) groups is 1. The normalized spacial score (nSPS) is 11.8. The number of rotatable bonds is 6. The number of carbonyl (C=O) groups is 1. The minimum absolute atomic E-state index is 0.0348. The maximum atomic E-state index is 12.5. The van der Waals surface area contributed by atoms with E-state index in [0.717, 1.165) is 0 Å². The molecule has 2 aromatic rings. The SMILES string of the molecule is CC(C)S(=O)(=O)c1ccccc1C(=O)Nc1ccc(SC(F)F)cc1. The van der Waals surface area contributed by atoms with Gasteiger partial charge in [0.2, 0.25) is 0 Å². The molecule has 0 saturated heterocycles. The molecule has 0 fully saturated rings. The zero-order valence-corrected chi connectivity index (χ0v) is 15.2. The second-order valence-electron chi connectivity index (χ2n) is 5.45. The molecule has 1 N–H and O–H groups in total. The van der Waals surface area contributed by atoms with Gasteiger partial charge in [-0.15, -0.1) is 0 Å². The predicted octanol–water partition coefficient (Wildman–Crippen LogP) is 4.44. The molecule has 25 heavy (non-hydrogen) atoms. The largest absolute Gasteiger partial charge is 0.322 e. The van der Waals surface area contributed by atoms with Gasteiger partial charge in [-0.05, 0) is 50.2 Å². The van der Waals surface area contributed by atoms with Gasteiger partial charge >= 0.3 is 0 Å². The summed E-state index contributed by atoms with van der Waals surface area (Å²) in [6, 6.07) is 11.9. The van der Waals surface area contributed by atoms with Crippen LogP contribution in [0.3, 0.4) is 0 Å². The summed E-state index contributed by atoms with van der Waals surface area (Å²) >= 11 is 0.406. The smallest absolute Gasteiger partial charge is 0.288 e. The van der Waals surface area contributed by atoms with Crippen LogP contribution in [0.25, 0.3) is 0 Å². The van der Waals surface area contributed by atoms with Crippen molar-refractivity contribution < 1.29 is 22.0 Å². The molecule has 134 valence electrons. The molecule has 0 radical (unpaired) electrons. The number of nitrogens with one attached hydrogen (secondary N) is 1. The Bertz CT molecular complexity index is 850. The molecule has 0 atom stereocenters. The van der Waals surface area contributed by atoms with Gasteiger partial charge < -0.3 is 5.32 Å². The number of sulfone groups is 1. The first-order valence-corrected chi connectivity index (χ1v) is 9.83. The minimum Gasteiger partial charge on any atom is -0.322 e. The number of hydrogen-bond donors (Lipinski definition) is 1. The van der Waals surface area contributed by atoms with E-state index in [1.807, 2.05) is 0 Å². The molecule has 1 amide bonds. The topological polar surface area (TPSA) is 63.2 Å². The number of halogens is 2. The summed E-state index contributed by atoms with van der Waals surface area (Å²) in [4.78, 5) is 12.8. The Morgan fingerprint density at radius 1 is 1.04 bits per heavy atom. The van der Waals surface area contributed by atoms with Gasteiger partial charge in [0.05, 0.1) is 15.7 Å². The Hall–Kier alpha value is -1.93. The Labute approximate surface area is 149 Å². The van der Waals surface area contributed by atoms with Gasteiger partial charge in [-0.1, -0.05) is 23.9 Å². The summed E-state index contributed by atoms with van der Waals surface area (Å²) in [5.41, 5.74) is 0.433. The molecule has 0 bridgehead atoms. The second kappa shape index (κ2) is 7.97. The number of carbonyl (C=O) groups excluding carboxylic acids is 1. The number of amides is 1. The van der Waals surface area contributed by atoms with Gasteiger partial charge in [0.25, 0.3) is 11.7 Å². The van der Waals surface area contributed by atoms with Crippen molar-refractivity contribution in [3.63, 3.8) is 0 Å². The van der Waals surface area contributed by atoms with Crippen molar-refractivity contribution in [2.75, 3.05) is 5.32 Å². The van der Waals surface area contributed by atoms with E-state index in [1.54, 1.807) is 26.0 Å². The molecule has 0 heterocycles. The Morgan fingerprint density at radius 3 is 2.20 bits per heavy atom. The first kappa shape index (κ1) is 19.4. The van der Waals surface area contributed by atoms with Crippen molar-refractivity contribution >= 4 is 33.2 Å². The van der Waals surface area contributed by atoms with Gasteiger partial charge in [-0.2, -0.15) is 8.78 Å². The van der Waals surface area contributed by atoms with E-state index in [9.17, 15) is 22.0 Å². The summed E-state index contributed by atoms with van der Waals surface area (Å²) in [5.74, 6) is -3.09. The second-order valence-corrected chi connectivity index (χ2v) is 8.98. The van der Waals surface area contributed by atoms with E-state index in [1.165, 1.54) is 36.4 Å². The third-order valence-corrected chi connectivity index (χ3v) is 6.33. The van der Waals surface area contributed by atoms with E-state index < -0.39 is 26.8 Å². The predicted molar refractivity (Wildman–Crippen MR) is 95.0 cm³/mol. The Kier molecular flexibility index (Phi) is 6.18. The van der Waals surface area contributed by atoms with Crippen LogP contribution in [0.4, 0.5) is 14.5 Å². The fraction of sp³-hybridized carbons (Fsp3) is 0.235. The molecule has 0 aliphatic carbocycles. The highest BCUT2D eigenvalue weighted by atomic mass is 32.2. The molecule has 0 saturated carbocycles. The van der Waals surface area contributed by atoms with Crippen molar-refractivity contribution in [1.29, 1.82) is 0 Å². The van der Waals surface area contributed by atoms with E-state index in [-0.39, 0.29) is 10.5 Å². The first-order chi connectivity index (χ1) is 11.7. The number of anilines is 1. The third kappa shape index (κ3) is 4.79. The maximum Gasteiger partial charge on any atom is 0.288 e. The van der Waals surface area contributed by atoms with Crippen LogP contribution in [0.15, 0.2) is 58.3 Å². The molecule has 0 spiro atoms. The van der Waals surface area contributed by atoms with Gasteiger partial charge in [0, 0.05) is 10.6 Å². The molecular weight excluding hydrogens is 368 g/mol. The van der Waals surface area contributed by atoms with Crippen LogP contribution < -0.4 is 5.32 Å². The first-order valence-electron chi connectivity index (χ1n) is 7.41. The zero-order valence-electron chi connectivity index (χ0n) is 13.6. The molecule has 4 nitrogen and oxygen atoms in total. The van der Waals surface area contributed by atoms with Gasteiger partial charge in [-0.25, -0.2) is 8.42 Å². The monoisotopic (exact) mass is 385 g/mol. The van der Waals surface area contributed by atoms with Crippen LogP contribution in [0.2, 0.25) is 0 Å². The van der Waals surface area contributed by atoms with Crippen LogP contribution in [-0.4, -0.2) is 25.3 Å². The number of hydrogen-bond acceptors (Lipinski definition) is 4. The summed E-state index contributed by atoms with van der Waals surface area (Å²) in [6.45, 7) is 3.09. The summed E-state index contributed by atoms with van der Waals surface area (Å²) in [6.07, 6.45) is 0. The van der Waals surface area contributed by atoms with E-state index in [2.05, 4.69) is 5.32 Å². The van der Waals surface area contributed by atoms with Crippen LogP contribution in [0, 0.1) is 0 Å². The van der Waals surface area contributed by atoms with Gasteiger partial charge in [-0.3, -0.25) is 4.79 Å². The van der Waals surface area contributed by atoms with E-state index >= 15 is 0 Å². The zero-order chi connectivity index (χ0) is 18.6. The number of benzene rings is 2. The standard InChI is InChI=1S/C17H17F2NO3S2/c1-11(2)25(22,23)15-6-4-3-5-14(15)16(21)20-12-7-9-13(10-8-12)24-17(18)19/h3-11,17H,1-2H3,(H,20,21). The highest BCUT2D eigenvalue weighted by Gasteiger charge is 2.25. The van der Waals surface area contributed by atoms with Crippen LogP contribution in [0.1, 0.15) is 24.2 Å². The lowest BCUT2D eigenvalue weighted by atomic mass is 10.2. The molecule has 0 unspecified atom stereocenters. The lowest BCUT2D eigenvalue weighted by Crippen LogP contribution is -2.20. The van der Waals surface area contributed by atoms with E-state index in [4.69, 9.17) is 0 Å². The van der Waals surface area contributed by atoms with E-state index in [0.29, 0.717) is 22.3 Å². The average Bonchev–Trinajstić information content (AvgIpc) is 2.56. The molecular formula is C17H17F2NO3S2. The van der Waals surface area contributed by atoms with Crippen molar-refractivity contribution in [2.45, 2.75) is 34.6 Å². The van der Waals surface area contributed by atoms with Crippen molar-refractivity contribution in [2.24, 2.45) is 0 Å². The highest BCUT2D eigenvalue weighted by Crippen LogP contribution is 2.27. The van der Waals surface area contributed by atoms with Crippen molar-refractivity contribution in [1.82, 2.24) is 0 Å². The lowest BCUT2D eigenvalue weighted by Gasteiger charge is -2.13. The fourth-order valence-electron chi connectivity index (χ4n) is 2.07. The fourth-order valence-corrected chi connectivity index (χ4v) is 3.82. The van der Waals surface area contributed by atoms with Crippen LogP contribution in [0.5, 0.6) is 0 Å². The Balaban J connectivity index is 2.25. The molecule has 0 aromatic heterocycles. The molecule has 0 aliphatic heterocycles. The maximum absolute atomic E-state index is 12.5. The highest BCUT2D eigenvalue weighted by molar-refractivity contribution is 7.99. The molecule has 8 heteroatoms. The molecule has 2 rings (SSSR count). The molecule has 2 aromatic carbocycles. The van der Waals surface area contributed by atoms with Crippen molar-refractivity contribution in [3.05, 3.63) is 54.1 Å². The quantitative estimate of drug-likeness (QED) is 0.747. The van der Waals surface area contributed by atoms with Crippen LogP contribution in [-0.2, 0) is 9.84 Å². The molecule has 0 aliphatic rings. The Morgan fingerprint density at radius 2 is 1.64 bits per heavy atom. The minimum atomic E-state index is -3.61. The third-order valence-electron chi connectivity index (χ3n) is 3.40. The van der Waals surface area contributed by atoms with Crippen molar-refractivity contribution in [3.8, 4) is 0 Å². The summed E-state index contributed by atoms with van der Waals surface area (Å²) in [5, 5.41) is 1.93. The van der Waals surface area contributed by atoms with Gasteiger partial charge in [0.1, 0.15) is 0 Å².